The Hall–Kier alpha value is -0.620. The minimum atomic E-state index is -3.12. The third-order valence-corrected chi connectivity index (χ3v) is 4.48. The average Bonchev–Trinajstić information content (AvgIpc) is 2.32. The summed E-state index contributed by atoms with van der Waals surface area (Å²) in [5, 5.41) is 3.28. The largest absolute Gasteiger partial charge is 0.469 e. The quantitative estimate of drug-likeness (QED) is 0.479. The first-order valence-electron chi connectivity index (χ1n) is 6.42. The second-order valence-corrected chi connectivity index (χ2v) is 6.74. The van der Waals surface area contributed by atoms with Crippen molar-refractivity contribution in [2.75, 3.05) is 25.2 Å². The molecule has 6 heteroatoms. The normalized spacial score (nSPS) is 13.3. The highest BCUT2D eigenvalue weighted by Crippen LogP contribution is 2.05. The molecule has 0 saturated carbocycles. The molecule has 0 bridgehead atoms. The lowest BCUT2D eigenvalue weighted by Crippen LogP contribution is -2.25. The maximum Gasteiger partial charge on any atom is 0.306 e. The number of unbranched alkanes of at least 4 members (excludes halogenated alkanes) is 1. The second kappa shape index (κ2) is 9.33. The summed E-state index contributed by atoms with van der Waals surface area (Å²) in [5.74, 6) is -0.426. The van der Waals surface area contributed by atoms with Gasteiger partial charge in [0, 0.05) is 6.04 Å². The van der Waals surface area contributed by atoms with E-state index in [0.717, 1.165) is 19.4 Å². The number of ether oxygens (including phenoxy) is 1. The average molecular weight is 279 g/mol. The van der Waals surface area contributed by atoms with E-state index in [1.165, 1.54) is 7.11 Å². The van der Waals surface area contributed by atoms with Crippen molar-refractivity contribution in [3.8, 4) is 0 Å². The van der Waals surface area contributed by atoms with Crippen LogP contribution in [-0.4, -0.2) is 45.6 Å². The molecule has 0 spiro atoms. The van der Waals surface area contributed by atoms with Crippen molar-refractivity contribution in [3.05, 3.63) is 0 Å². The third-order valence-electron chi connectivity index (χ3n) is 2.74. The van der Waals surface area contributed by atoms with Crippen LogP contribution in [0.2, 0.25) is 0 Å². The zero-order valence-corrected chi connectivity index (χ0v) is 12.4. The molecule has 18 heavy (non-hydrogen) atoms. The van der Waals surface area contributed by atoms with Crippen LogP contribution in [0.1, 0.15) is 39.5 Å². The summed E-state index contributed by atoms with van der Waals surface area (Å²) in [4.78, 5) is 10.9. The summed E-state index contributed by atoms with van der Waals surface area (Å²) in [6.45, 7) is 5.07. The Labute approximate surface area is 110 Å². The van der Waals surface area contributed by atoms with Gasteiger partial charge in [-0.25, -0.2) is 8.42 Å². The maximum absolute atomic E-state index is 11.6. The molecule has 0 fully saturated rings. The Balaban J connectivity index is 3.74. The Bertz CT molecular complexity index is 327. The lowest BCUT2D eigenvalue weighted by Gasteiger charge is -2.11. The van der Waals surface area contributed by atoms with Crippen molar-refractivity contribution in [2.45, 2.75) is 45.6 Å². The molecule has 0 radical (unpaired) electrons. The van der Waals surface area contributed by atoms with E-state index in [1.807, 2.05) is 6.92 Å². The van der Waals surface area contributed by atoms with E-state index in [1.54, 1.807) is 0 Å². The van der Waals surface area contributed by atoms with Gasteiger partial charge >= 0.3 is 5.97 Å². The van der Waals surface area contributed by atoms with Crippen LogP contribution in [0.25, 0.3) is 0 Å². The van der Waals surface area contributed by atoms with E-state index in [4.69, 9.17) is 0 Å². The van der Waals surface area contributed by atoms with E-state index < -0.39 is 15.8 Å². The van der Waals surface area contributed by atoms with E-state index in [2.05, 4.69) is 17.0 Å². The topological polar surface area (TPSA) is 72.5 Å². The highest BCUT2D eigenvalue weighted by atomic mass is 32.2. The van der Waals surface area contributed by atoms with Gasteiger partial charge in [0.25, 0.3) is 0 Å². The molecule has 0 aliphatic rings. The van der Waals surface area contributed by atoms with Gasteiger partial charge in [-0.15, -0.1) is 0 Å². The zero-order chi connectivity index (χ0) is 14.0. The smallest absolute Gasteiger partial charge is 0.306 e. The molecule has 1 N–H and O–H groups in total. The summed E-state index contributed by atoms with van der Waals surface area (Å²) in [6.07, 6.45) is 2.46. The third kappa shape index (κ3) is 9.41. The van der Waals surface area contributed by atoms with Crippen LogP contribution in [0.5, 0.6) is 0 Å². The van der Waals surface area contributed by atoms with Crippen LogP contribution in [0.4, 0.5) is 0 Å². The van der Waals surface area contributed by atoms with Crippen molar-refractivity contribution in [3.63, 3.8) is 0 Å². The van der Waals surface area contributed by atoms with Crippen molar-refractivity contribution in [2.24, 2.45) is 0 Å². The Kier molecular flexibility index (Phi) is 9.01. The number of sulfone groups is 1. The molecule has 108 valence electrons. The van der Waals surface area contributed by atoms with Gasteiger partial charge < -0.3 is 10.1 Å². The number of hydrogen-bond acceptors (Lipinski definition) is 5. The predicted molar refractivity (Wildman–Crippen MR) is 72.3 cm³/mol. The van der Waals surface area contributed by atoms with Gasteiger partial charge in [-0.1, -0.05) is 13.3 Å². The summed E-state index contributed by atoms with van der Waals surface area (Å²) in [5.41, 5.74) is 0. The Morgan fingerprint density at radius 2 is 1.94 bits per heavy atom. The number of nitrogens with one attached hydrogen (secondary N) is 1. The van der Waals surface area contributed by atoms with Crippen LogP contribution in [0, 0.1) is 0 Å². The predicted octanol–water partition coefficient (Wildman–Crippen LogP) is 1.13. The van der Waals surface area contributed by atoms with E-state index >= 15 is 0 Å². The van der Waals surface area contributed by atoms with Gasteiger partial charge in [0.15, 0.2) is 9.84 Å². The summed E-state index contributed by atoms with van der Waals surface area (Å²) >= 11 is 0. The molecular weight excluding hydrogens is 254 g/mol. The second-order valence-electron chi connectivity index (χ2n) is 4.43. The summed E-state index contributed by atoms with van der Waals surface area (Å²) in [6, 6.07) is 0.424. The minimum absolute atomic E-state index is 0.0490. The van der Waals surface area contributed by atoms with E-state index in [9.17, 15) is 13.2 Å². The summed E-state index contributed by atoms with van der Waals surface area (Å²) < 4.78 is 27.6. The van der Waals surface area contributed by atoms with Gasteiger partial charge in [0.1, 0.15) is 0 Å². The van der Waals surface area contributed by atoms with Gasteiger partial charge in [0.2, 0.25) is 0 Å². The first-order valence-corrected chi connectivity index (χ1v) is 8.24. The highest BCUT2D eigenvalue weighted by molar-refractivity contribution is 7.91. The fraction of sp³-hybridized carbons (Fsp3) is 0.917. The van der Waals surface area contributed by atoms with Crippen LogP contribution in [0.3, 0.4) is 0 Å². The number of hydrogen-bond donors (Lipinski definition) is 1. The highest BCUT2D eigenvalue weighted by Gasteiger charge is 2.13. The number of esters is 1. The molecule has 0 amide bonds. The molecule has 0 aromatic heterocycles. The zero-order valence-electron chi connectivity index (χ0n) is 11.6. The van der Waals surface area contributed by atoms with Gasteiger partial charge in [0.05, 0.1) is 25.0 Å². The molecule has 0 aliphatic carbocycles. The first-order chi connectivity index (χ1) is 8.41. The van der Waals surface area contributed by atoms with Crippen LogP contribution >= 0.6 is 0 Å². The van der Waals surface area contributed by atoms with Crippen LogP contribution < -0.4 is 5.32 Å². The molecule has 1 atom stereocenters. The number of carbonyl (C=O) groups is 1. The van der Waals surface area contributed by atoms with Crippen molar-refractivity contribution >= 4 is 15.8 Å². The standard InChI is InChI=1S/C12H25NO4S/c1-4-13-11(2)7-5-6-9-18(15,16)10-8-12(14)17-3/h11,13H,4-10H2,1-3H3. The van der Waals surface area contributed by atoms with Crippen LogP contribution in [0.15, 0.2) is 0 Å². The summed E-state index contributed by atoms with van der Waals surface area (Å²) in [7, 11) is -1.86. The fourth-order valence-corrected chi connectivity index (χ4v) is 2.99. The monoisotopic (exact) mass is 279 g/mol. The molecule has 1 unspecified atom stereocenters. The van der Waals surface area contributed by atoms with Gasteiger partial charge in [-0.05, 0) is 26.3 Å². The number of methoxy groups -OCH3 is 1. The Morgan fingerprint density at radius 3 is 2.50 bits per heavy atom. The van der Waals surface area contributed by atoms with E-state index in [0.29, 0.717) is 12.5 Å². The molecular formula is C12H25NO4S. The molecule has 0 aliphatic heterocycles. The minimum Gasteiger partial charge on any atom is -0.469 e. The number of rotatable bonds is 10. The fourth-order valence-electron chi connectivity index (χ4n) is 1.67. The molecule has 0 saturated heterocycles. The lowest BCUT2D eigenvalue weighted by atomic mass is 10.1. The molecule has 0 rings (SSSR count). The van der Waals surface area contributed by atoms with E-state index in [-0.39, 0.29) is 17.9 Å². The SMILES string of the molecule is CCNC(C)CCCCS(=O)(=O)CCC(=O)OC. The molecule has 0 heterocycles. The first kappa shape index (κ1) is 17.4. The lowest BCUT2D eigenvalue weighted by molar-refractivity contribution is -0.140. The van der Waals surface area contributed by atoms with Crippen molar-refractivity contribution in [1.29, 1.82) is 0 Å². The van der Waals surface area contributed by atoms with Crippen molar-refractivity contribution < 1.29 is 17.9 Å². The van der Waals surface area contributed by atoms with Gasteiger partial charge in [-0.3, -0.25) is 4.79 Å². The maximum atomic E-state index is 11.6. The Morgan fingerprint density at radius 1 is 1.28 bits per heavy atom. The molecule has 0 aromatic rings. The van der Waals surface area contributed by atoms with Crippen LogP contribution in [-0.2, 0) is 19.4 Å². The van der Waals surface area contributed by atoms with Crippen molar-refractivity contribution in [1.82, 2.24) is 5.32 Å². The molecule has 0 aromatic carbocycles. The molecule has 5 nitrogen and oxygen atoms in total. The number of carbonyl (C=O) groups excluding carboxylic acids is 1. The van der Waals surface area contributed by atoms with Gasteiger partial charge in [-0.2, -0.15) is 0 Å².